The van der Waals surface area contributed by atoms with Gasteiger partial charge in [-0.2, -0.15) is 0 Å². The van der Waals surface area contributed by atoms with E-state index in [9.17, 15) is 4.79 Å². The Bertz CT molecular complexity index is 474. The van der Waals surface area contributed by atoms with E-state index in [2.05, 4.69) is 5.32 Å². The van der Waals surface area contributed by atoms with Gasteiger partial charge in [-0.1, -0.05) is 0 Å². The van der Waals surface area contributed by atoms with Gasteiger partial charge in [-0.05, 0) is 24.3 Å². The van der Waals surface area contributed by atoms with E-state index in [0.717, 1.165) is 6.54 Å². The van der Waals surface area contributed by atoms with E-state index < -0.39 is 0 Å². The van der Waals surface area contributed by atoms with Crippen LogP contribution in [0.4, 0.5) is 0 Å². The van der Waals surface area contributed by atoms with Crippen molar-refractivity contribution in [3.05, 3.63) is 48.2 Å². The number of hydrogen-bond acceptors (Lipinski definition) is 3. The van der Waals surface area contributed by atoms with Crippen LogP contribution < -0.4 is 11.1 Å². The Morgan fingerprint density at radius 3 is 2.76 bits per heavy atom. The maximum absolute atomic E-state index is 11.6. The molecule has 0 unspecified atom stereocenters. The number of aromatic nitrogens is 1. The lowest BCUT2D eigenvalue weighted by molar-refractivity contribution is 0.0923. The zero-order chi connectivity index (χ0) is 12.1. The molecule has 2 heterocycles. The van der Waals surface area contributed by atoms with Crippen LogP contribution in [-0.4, -0.2) is 17.0 Å². The SMILES string of the molecule is NCc1ccc(C(=O)NCCn2cccc2)o1. The molecule has 0 aliphatic carbocycles. The van der Waals surface area contributed by atoms with Crippen LogP contribution >= 0.6 is 0 Å². The molecule has 0 fully saturated rings. The Hall–Kier alpha value is -2.01. The smallest absolute Gasteiger partial charge is 0.287 e. The Kier molecular flexibility index (Phi) is 3.62. The average molecular weight is 233 g/mol. The molecular formula is C12H15N3O2. The number of amides is 1. The van der Waals surface area contributed by atoms with Crippen molar-refractivity contribution in [2.45, 2.75) is 13.1 Å². The van der Waals surface area contributed by atoms with Crippen molar-refractivity contribution in [2.24, 2.45) is 5.73 Å². The fourth-order valence-electron chi connectivity index (χ4n) is 1.51. The van der Waals surface area contributed by atoms with Gasteiger partial charge in [0.1, 0.15) is 5.76 Å². The third kappa shape index (κ3) is 2.98. The predicted molar refractivity (Wildman–Crippen MR) is 63.4 cm³/mol. The van der Waals surface area contributed by atoms with Gasteiger partial charge in [0.05, 0.1) is 6.54 Å². The van der Waals surface area contributed by atoms with Gasteiger partial charge in [0, 0.05) is 25.5 Å². The predicted octanol–water partition coefficient (Wildman–Crippen LogP) is 0.970. The zero-order valence-electron chi connectivity index (χ0n) is 9.43. The van der Waals surface area contributed by atoms with Crippen molar-refractivity contribution in [1.29, 1.82) is 0 Å². The summed E-state index contributed by atoms with van der Waals surface area (Å²) in [6.07, 6.45) is 3.90. The molecule has 3 N–H and O–H groups in total. The van der Waals surface area contributed by atoms with Crippen LogP contribution in [0.2, 0.25) is 0 Å². The van der Waals surface area contributed by atoms with Gasteiger partial charge in [-0.3, -0.25) is 4.79 Å². The molecule has 0 aliphatic heterocycles. The standard InChI is InChI=1S/C12H15N3O2/c13-9-10-3-4-11(17-10)12(16)14-5-8-15-6-1-2-7-15/h1-4,6-7H,5,8-9,13H2,(H,14,16). The maximum atomic E-state index is 11.6. The Morgan fingerprint density at radius 2 is 2.12 bits per heavy atom. The normalized spacial score (nSPS) is 10.4. The van der Waals surface area contributed by atoms with Crippen LogP contribution in [0, 0.1) is 0 Å². The van der Waals surface area contributed by atoms with Gasteiger partial charge in [0.2, 0.25) is 0 Å². The second-order valence-corrected chi connectivity index (χ2v) is 3.65. The molecule has 5 heteroatoms. The van der Waals surface area contributed by atoms with Gasteiger partial charge >= 0.3 is 0 Å². The van der Waals surface area contributed by atoms with E-state index in [-0.39, 0.29) is 5.91 Å². The zero-order valence-corrected chi connectivity index (χ0v) is 9.43. The number of nitrogens with zero attached hydrogens (tertiary/aromatic N) is 1. The van der Waals surface area contributed by atoms with Crippen LogP contribution in [0.3, 0.4) is 0 Å². The first-order chi connectivity index (χ1) is 8.29. The molecule has 0 aliphatic rings. The molecule has 2 aromatic heterocycles. The highest BCUT2D eigenvalue weighted by atomic mass is 16.4. The largest absolute Gasteiger partial charge is 0.455 e. The number of carbonyl (C=O) groups excluding carboxylic acids is 1. The molecule has 2 rings (SSSR count). The molecule has 2 aromatic rings. The lowest BCUT2D eigenvalue weighted by Crippen LogP contribution is -2.26. The summed E-state index contributed by atoms with van der Waals surface area (Å²) in [5, 5.41) is 2.78. The van der Waals surface area contributed by atoms with Crippen molar-refractivity contribution >= 4 is 5.91 Å². The second kappa shape index (κ2) is 5.36. The van der Waals surface area contributed by atoms with Crippen molar-refractivity contribution in [1.82, 2.24) is 9.88 Å². The number of carbonyl (C=O) groups is 1. The van der Waals surface area contributed by atoms with Gasteiger partial charge in [0.25, 0.3) is 5.91 Å². The molecule has 90 valence electrons. The third-order valence-corrected chi connectivity index (χ3v) is 2.41. The van der Waals surface area contributed by atoms with E-state index in [1.54, 1.807) is 12.1 Å². The molecule has 0 bridgehead atoms. The van der Waals surface area contributed by atoms with E-state index in [1.165, 1.54) is 0 Å². The summed E-state index contributed by atoms with van der Waals surface area (Å²) >= 11 is 0. The lowest BCUT2D eigenvalue weighted by Gasteiger charge is -2.04. The Morgan fingerprint density at radius 1 is 1.35 bits per heavy atom. The topological polar surface area (TPSA) is 73.2 Å². The Labute approximate surface area is 99.2 Å². The fraction of sp³-hybridized carbons (Fsp3) is 0.250. The van der Waals surface area contributed by atoms with Gasteiger partial charge in [-0.15, -0.1) is 0 Å². The number of furan rings is 1. The fourth-order valence-corrected chi connectivity index (χ4v) is 1.51. The first-order valence-electron chi connectivity index (χ1n) is 5.47. The maximum Gasteiger partial charge on any atom is 0.287 e. The van der Waals surface area contributed by atoms with Crippen molar-refractivity contribution in [2.75, 3.05) is 6.54 Å². The quantitative estimate of drug-likeness (QED) is 0.808. The van der Waals surface area contributed by atoms with Crippen molar-refractivity contribution < 1.29 is 9.21 Å². The molecule has 0 saturated carbocycles. The molecule has 17 heavy (non-hydrogen) atoms. The minimum Gasteiger partial charge on any atom is -0.455 e. The van der Waals surface area contributed by atoms with Crippen LogP contribution in [0.5, 0.6) is 0 Å². The second-order valence-electron chi connectivity index (χ2n) is 3.65. The van der Waals surface area contributed by atoms with Gasteiger partial charge < -0.3 is 20.0 Å². The highest BCUT2D eigenvalue weighted by Crippen LogP contribution is 2.06. The molecule has 0 spiro atoms. The number of rotatable bonds is 5. The van der Waals surface area contributed by atoms with Crippen LogP contribution in [0.15, 0.2) is 41.1 Å². The van der Waals surface area contributed by atoms with Gasteiger partial charge in [-0.25, -0.2) is 0 Å². The lowest BCUT2D eigenvalue weighted by atomic mass is 10.4. The summed E-state index contributed by atoms with van der Waals surface area (Å²) in [5.41, 5.74) is 5.40. The molecule has 0 aromatic carbocycles. The van der Waals surface area contributed by atoms with Crippen molar-refractivity contribution in [3.8, 4) is 0 Å². The molecule has 0 saturated heterocycles. The van der Waals surface area contributed by atoms with E-state index >= 15 is 0 Å². The highest BCUT2D eigenvalue weighted by molar-refractivity contribution is 5.91. The van der Waals surface area contributed by atoms with E-state index in [0.29, 0.717) is 24.6 Å². The molecule has 0 radical (unpaired) electrons. The summed E-state index contributed by atoms with van der Waals surface area (Å²) < 4.78 is 7.23. The van der Waals surface area contributed by atoms with Crippen molar-refractivity contribution in [3.63, 3.8) is 0 Å². The van der Waals surface area contributed by atoms with E-state index in [1.807, 2.05) is 29.1 Å². The summed E-state index contributed by atoms with van der Waals surface area (Å²) in [7, 11) is 0. The summed E-state index contributed by atoms with van der Waals surface area (Å²) in [6.45, 7) is 1.60. The first-order valence-corrected chi connectivity index (χ1v) is 5.47. The van der Waals surface area contributed by atoms with Crippen LogP contribution in [-0.2, 0) is 13.1 Å². The molecular weight excluding hydrogens is 218 g/mol. The number of nitrogens with one attached hydrogen (secondary N) is 1. The molecule has 1 amide bonds. The van der Waals surface area contributed by atoms with Gasteiger partial charge in [0.15, 0.2) is 5.76 Å². The highest BCUT2D eigenvalue weighted by Gasteiger charge is 2.09. The summed E-state index contributed by atoms with van der Waals surface area (Å²) in [5.74, 6) is 0.704. The number of hydrogen-bond donors (Lipinski definition) is 2. The first kappa shape index (κ1) is 11.5. The minimum atomic E-state index is -0.211. The average Bonchev–Trinajstić information content (AvgIpc) is 2.99. The van der Waals surface area contributed by atoms with Crippen LogP contribution in [0.1, 0.15) is 16.3 Å². The molecule has 0 atom stereocenters. The third-order valence-electron chi connectivity index (χ3n) is 2.41. The minimum absolute atomic E-state index is 0.211. The summed E-state index contributed by atoms with van der Waals surface area (Å²) in [4.78, 5) is 11.6. The van der Waals surface area contributed by atoms with E-state index in [4.69, 9.17) is 10.2 Å². The summed E-state index contributed by atoms with van der Waals surface area (Å²) in [6, 6.07) is 7.23. The van der Waals surface area contributed by atoms with Crippen LogP contribution in [0.25, 0.3) is 0 Å². The molecule has 5 nitrogen and oxygen atoms in total. The Balaban J connectivity index is 1.81. The number of nitrogens with two attached hydrogens (primary N) is 1. The monoisotopic (exact) mass is 233 g/mol.